The molecular weight excluding hydrogens is 408 g/mol. The van der Waals surface area contributed by atoms with Gasteiger partial charge in [-0.15, -0.1) is 6.58 Å². The van der Waals surface area contributed by atoms with Crippen LogP contribution in [0.2, 0.25) is 5.02 Å². The number of carbonyl (C=O) groups excluding carboxylic acids is 1. The zero-order valence-electron chi connectivity index (χ0n) is 17.2. The number of nitrogens with one attached hydrogen (secondary N) is 1. The Balaban J connectivity index is 1.54. The van der Waals surface area contributed by atoms with Crippen LogP contribution in [0.3, 0.4) is 0 Å². The van der Waals surface area contributed by atoms with Crippen LogP contribution < -0.4 is 5.32 Å². The van der Waals surface area contributed by atoms with Crippen molar-refractivity contribution in [2.75, 3.05) is 13.1 Å². The first-order valence-corrected chi connectivity index (χ1v) is 11.1. The second-order valence-corrected chi connectivity index (χ2v) is 8.91. The fourth-order valence-corrected chi connectivity index (χ4v) is 5.40. The fraction of sp³-hybridized carbons (Fsp3) is 0.320. The second kappa shape index (κ2) is 8.40. The number of pyridine rings is 2. The molecule has 158 valence electrons. The minimum atomic E-state index is -0.212. The van der Waals surface area contributed by atoms with E-state index in [0.29, 0.717) is 22.6 Å². The van der Waals surface area contributed by atoms with Gasteiger partial charge >= 0.3 is 0 Å². The predicted octanol–water partition coefficient (Wildman–Crippen LogP) is 4.65. The van der Waals surface area contributed by atoms with Crippen LogP contribution in [0.5, 0.6) is 0 Å². The number of para-hydroxylation sites is 1. The summed E-state index contributed by atoms with van der Waals surface area (Å²) in [5.41, 5.74) is 2.35. The van der Waals surface area contributed by atoms with Crippen LogP contribution in [0.15, 0.2) is 67.5 Å². The van der Waals surface area contributed by atoms with Gasteiger partial charge in [0.1, 0.15) is 5.69 Å². The monoisotopic (exact) mass is 432 g/mol. The van der Waals surface area contributed by atoms with E-state index in [2.05, 4.69) is 38.9 Å². The minimum absolute atomic E-state index is 0.172. The van der Waals surface area contributed by atoms with Crippen molar-refractivity contribution >= 4 is 28.4 Å². The number of piperidine rings is 3. The fourth-order valence-electron chi connectivity index (χ4n) is 5.24. The van der Waals surface area contributed by atoms with Crippen LogP contribution in [0.25, 0.3) is 10.9 Å². The number of fused-ring (bicyclic) bond motifs is 4. The molecule has 0 saturated carbocycles. The third-order valence-electron chi connectivity index (χ3n) is 6.80. The summed E-state index contributed by atoms with van der Waals surface area (Å²) in [5, 5.41) is 4.87. The quantitative estimate of drug-likeness (QED) is 0.596. The van der Waals surface area contributed by atoms with Crippen molar-refractivity contribution in [2.45, 2.75) is 24.9 Å². The van der Waals surface area contributed by atoms with Crippen molar-refractivity contribution in [3.05, 3.63) is 83.8 Å². The smallest absolute Gasteiger partial charge is 0.270 e. The standard InChI is InChI=1S/C25H25ClN4O/c1-2-16-15-30-12-9-17(16)13-23(30)24(29-25(31)22-14-18(26)7-10-28-22)20-8-11-27-21-6-4-3-5-19(20)21/h2-8,10-11,14,16-17,23-24H,1,9,12-13,15H2,(H,29,31)/t16-,17-,23+,24?/m0/s1. The molecule has 1 amide bonds. The van der Waals surface area contributed by atoms with E-state index in [-0.39, 0.29) is 18.0 Å². The van der Waals surface area contributed by atoms with E-state index in [0.717, 1.165) is 36.0 Å². The first-order chi connectivity index (χ1) is 15.1. The van der Waals surface area contributed by atoms with E-state index >= 15 is 0 Å². The SMILES string of the molecule is C=C[C@H]1CN2CC[C@H]1C[C@@H]2C(NC(=O)c1cc(Cl)ccn1)c1ccnc2ccccc12. The molecule has 31 heavy (non-hydrogen) atoms. The first kappa shape index (κ1) is 20.2. The van der Waals surface area contributed by atoms with Crippen molar-refractivity contribution in [3.63, 3.8) is 0 Å². The Hall–Kier alpha value is -2.76. The van der Waals surface area contributed by atoms with Gasteiger partial charge in [-0.1, -0.05) is 35.9 Å². The number of hydrogen-bond acceptors (Lipinski definition) is 4. The van der Waals surface area contributed by atoms with Crippen LogP contribution in [-0.2, 0) is 0 Å². The third-order valence-corrected chi connectivity index (χ3v) is 7.03. The average molecular weight is 433 g/mol. The Morgan fingerprint density at radius 3 is 2.84 bits per heavy atom. The number of halogens is 1. The van der Waals surface area contributed by atoms with Gasteiger partial charge in [0.25, 0.3) is 5.91 Å². The van der Waals surface area contributed by atoms with Crippen molar-refractivity contribution in [1.29, 1.82) is 0 Å². The number of benzene rings is 1. The van der Waals surface area contributed by atoms with Gasteiger partial charge in [0, 0.05) is 35.4 Å². The van der Waals surface area contributed by atoms with Gasteiger partial charge < -0.3 is 5.32 Å². The zero-order valence-corrected chi connectivity index (χ0v) is 18.0. The minimum Gasteiger partial charge on any atom is -0.342 e. The van der Waals surface area contributed by atoms with Gasteiger partial charge in [-0.05, 0) is 61.1 Å². The molecule has 5 atom stereocenters. The average Bonchev–Trinajstić information content (AvgIpc) is 2.82. The van der Waals surface area contributed by atoms with Crippen LogP contribution in [0.1, 0.15) is 34.9 Å². The molecule has 0 radical (unpaired) electrons. The number of hydrogen-bond donors (Lipinski definition) is 1. The molecule has 5 heterocycles. The van der Waals surface area contributed by atoms with Gasteiger partial charge in [0.05, 0.1) is 11.6 Å². The summed E-state index contributed by atoms with van der Waals surface area (Å²) in [5.74, 6) is 0.908. The summed E-state index contributed by atoms with van der Waals surface area (Å²) in [6, 6.07) is 13.5. The molecule has 0 spiro atoms. The van der Waals surface area contributed by atoms with Crippen LogP contribution in [0.4, 0.5) is 0 Å². The van der Waals surface area contributed by atoms with Crippen molar-refractivity contribution in [1.82, 2.24) is 20.2 Å². The van der Waals surface area contributed by atoms with Crippen LogP contribution in [-0.4, -0.2) is 39.9 Å². The van der Waals surface area contributed by atoms with Crippen LogP contribution in [0, 0.1) is 11.8 Å². The molecular formula is C25H25ClN4O. The molecule has 2 unspecified atom stereocenters. The Labute approximate surface area is 187 Å². The predicted molar refractivity (Wildman–Crippen MR) is 123 cm³/mol. The number of aromatic nitrogens is 2. The molecule has 5 nitrogen and oxygen atoms in total. The Morgan fingerprint density at radius 2 is 2.06 bits per heavy atom. The van der Waals surface area contributed by atoms with E-state index in [1.807, 2.05) is 30.5 Å². The molecule has 6 heteroatoms. The zero-order chi connectivity index (χ0) is 21.4. The summed E-state index contributed by atoms with van der Waals surface area (Å²) < 4.78 is 0. The molecule has 3 saturated heterocycles. The second-order valence-electron chi connectivity index (χ2n) is 8.47. The third kappa shape index (κ3) is 3.84. The van der Waals surface area contributed by atoms with Crippen molar-refractivity contribution in [3.8, 4) is 0 Å². The Bertz CT molecular complexity index is 1130. The molecule has 3 aromatic rings. The van der Waals surface area contributed by atoms with E-state index in [4.69, 9.17) is 11.6 Å². The molecule has 0 aliphatic carbocycles. The lowest BCUT2D eigenvalue weighted by atomic mass is 9.73. The van der Waals surface area contributed by atoms with Gasteiger partial charge in [-0.25, -0.2) is 0 Å². The van der Waals surface area contributed by atoms with Gasteiger partial charge in [-0.2, -0.15) is 0 Å². The number of rotatable bonds is 5. The van der Waals surface area contributed by atoms with E-state index < -0.39 is 0 Å². The summed E-state index contributed by atoms with van der Waals surface area (Å²) in [6.07, 6.45) is 7.70. The maximum atomic E-state index is 13.2. The molecule has 3 aliphatic rings. The lowest BCUT2D eigenvalue weighted by molar-refractivity contribution is 0.00167. The van der Waals surface area contributed by atoms with Gasteiger partial charge in [-0.3, -0.25) is 19.7 Å². The van der Waals surface area contributed by atoms with Gasteiger partial charge in [0.2, 0.25) is 0 Å². The molecule has 3 fully saturated rings. The highest BCUT2D eigenvalue weighted by atomic mass is 35.5. The topological polar surface area (TPSA) is 58.1 Å². The van der Waals surface area contributed by atoms with Gasteiger partial charge in [0.15, 0.2) is 0 Å². The molecule has 2 bridgehead atoms. The maximum absolute atomic E-state index is 13.2. The largest absolute Gasteiger partial charge is 0.342 e. The lowest BCUT2D eigenvalue weighted by Gasteiger charge is -2.51. The molecule has 1 N–H and O–H groups in total. The highest BCUT2D eigenvalue weighted by Crippen LogP contribution is 2.42. The Kier molecular flexibility index (Phi) is 5.47. The summed E-state index contributed by atoms with van der Waals surface area (Å²) in [6.45, 7) is 6.08. The molecule has 1 aromatic carbocycles. The summed E-state index contributed by atoms with van der Waals surface area (Å²) in [4.78, 5) is 24.5. The number of amides is 1. The van der Waals surface area contributed by atoms with Crippen LogP contribution >= 0.6 is 11.6 Å². The van der Waals surface area contributed by atoms with Crippen molar-refractivity contribution < 1.29 is 4.79 Å². The first-order valence-electron chi connectivity index (χ1n) is 10.8. The van der Waals surface area contributed by atoms with Crippen molar-refractivity contribution in [2.24, 2.45) is 11.8 Å². The highest BCUT2D eigenvalue weighted by Gasteiger charge is 2.43. The molecule has 6 rings (SSSR count). The molecule has 2 aromatic heterocycles. The number of carbonyl (C=O) groups is 1. The van der Waals surface area contributed by atoms with E-state index in [9.17, 15) is 4.79 Å². The normalized spacial score (nSPS) is 25.8. The highest BCUT2D eigenvalue weighted by molar-refractivity contribution is 6.30. The van der Waals surface area contributed by atoms with E-state index in [1.165, 1.54) is 6.42 Å². The Morgan fingerprint density at radius 1 is 1.23 bits per heavy atom. The molecule has 3 aliphatic heterocycles. The lowest BCUT2D eigenvalue weighted by Crippen LogP contribution is -2.57. The maximum Gasteiger partial charge on any atom is 0.270 e. The summed E-state index contributed by atoms with van der Waals surface area (Å²) in [7, 11) is 0. The van der Waals surface area contributed by atoms with E-state index in [1.54, 1.807) is 18.3 Å². The summed E-state index contributed by atoms with van der Waals surface area (Å²) >= 11 is 6.11. The number of nitrogens with zero attached hydrogens (tertiary/aromatic N) is 3.